The highest BCUT2D eigenvalue weighted by molar-refractivity contribution is 7.92. The van der Waals surface area contributed by atoms with Crippen molar-refractivity contribution in [3.63, 3.8) is 0 Å². The molecule has 1 heterocycles. The van der Waals surface area contributed by atoms with Gasteiger partial charge in [0.1, 0.15) is 0 Å². The van der Waals surface area contributed by atoms with Gasteiger partial charge in [-0.25, -0.2) is 8.42 Å². The number of carbonyl (C=O) groups excluding carboxylic acids is 3. The zero-order valence-electron chi connectivity index (χ0n) is 18.4. The molecule has 1 atom stereocenters. The molecule has 1 unspecified atom stereocenters. The maximum atomic E-state index is 13.4. The number of nitrogens with zero attached hydrogens (tertiary/aromatic N) is 2. The Hall–Kier alpha value is -3.20. The number of carbonyl (C=O) groups is 3. The first kappa shape index (κ1) is 23.5. The minimum atomic E-state index is -4.21. The summed E-state index contributed by atoms with van der Waals surface area (Å²) in [6.45, 7) is 6.10. The van der Waals surface area contributed by atoms with Crippen LogP contribution in [0.1, 0.15) is 28.4 Å². The van der Waals surface area contributed by atoms with E-state index in [9.17, 15) is 22.8 Å². The van der Waals surface area contributed by atoms with Gasteiger partial charge in [0.2, 0.25) is 21.1 Å². The first-order chi connectivity index (χ1) is 15.1. The number of nitrogens with one attached hydrogen (secondary N) is 1. The SMILES string of the molecule is CC(=O)N1CCN(C(=O)C(NC(=O)c2cccc(C)c2)S(=O)(=O)c2ccc(C)cc2)CC1. The number of piperazine rings is 1. The number of rotatable bonds is 5. The van der Waals surface area contributed by atoms with Crippen molar-refractivity contribution in [1.29, 1.82) is 0 Å². The zero-order chi connectivity index (χ0) is 23.5. The van der Waals surface area contributed by atoms with Gasteiger partial charge >= 0.3 is 0 Å². The van der Waals surface area contributed by atoms with Crippen molar-refractivity contribution < 1.29 is 22.8 Å². The quantitative estimate of drug-likeness (QED) is 0.733. The van der Waals surface area contributed by atoms with Crippen LogP contribution in [0.3, 0.4) is 0 Å². The zero-order valence-corrected chi connectivity index (χ0v) is 19.2. The Labute approximate surface area is 188 Å². The van der Waals surface area contributed by atoms with Crippen LogP contribution >= 0.6 is 0 Å². The molecule has 0 spiro atoms. The van der Waals surface area contributed by atoms with Crippen molar-refractivity contribution in [1.82, 2.24) is 15.1 Å². The molecular formula is C23H27N3O5S. The van der Waals surface area contributed by atoms with Crippen LogP contribution in [0.15, 0.2) is 53.4 Å². The van der Waals surface area contributed by atoms with Crippen LogP contribution in [-0.4, -0.2) is 67.5 Å². The average Bonchev–Trinajstić information content (AvgIpc) is 2.77. The lowest BCUT2D eigenvalue weighted by atomic mass is 10.1. The fourth-order valence-electron chi connectivity index (χ4n) is 3.53. The first-order valence-corrected chi connectivity index (χ1v) is 11.9. The van der Waals surface area contributed by atoms with Crippen molar-refractivity contribution in [3.05, 3.63) is 65.2 Å². The van der Waals surface area contributed by atoms with Crippen LogP contribution in [0, 0.1) is 13.8 Å². The number of amides is 3. The first-order valence-electron chi connectivity index (χ1n) is 10.3. The third kappa shape index (κ3) is 5.16. The Balaban J connectivity index is 1.92. The van der Waals surface area contributed by atoms with Gasteiger partial charge in [0.05, 0.1) is 4.90 Å². The molecule has 1 saturated heterocycles. The molecule has 1 aliphatic heterocycles. The number of hydrogen-bond acceptors (Lipinski definition) is 5. The van der Waals surface area contributed by atoms with Gasteiger partial charge in [-0.05, 0) is 38.1 Å². The summed E-state index contributed by atoms with van der Waals surface area (Å²) in [6, 6.07) is 12.8. The molecule has 170 valence electrons. The molecule has 0 bridgehead atoms. The molecule has 0 radical (unpaired) electrons. The van der Waals surface area contributed by atoms with E-state index in [1.54, 1.807) is 35.2 Å². The van der Waals surface area contributed by atoms with Crippen LogP contribution in [0.4, 0.5) is 0 Å². The monoisotopic (exact) mass is 457 g/mol. The van der Waals surface area contributed by atoms with Gasteiger partial charge in [-0.15, -0.1) is 0 Å². The van der Waals surface area contributed by atoms with Gasteiger partial charge in [-0.2, -0.15) is 0 Å². The number of sulfone groups is 1. The smallest absolute Gasteiger partial charge is 0.261 e. The number of benzene rings is 2. The topological polar surface area (TPSA) is 104 Å². The summed E-state index contributed by atoms with van der Waals surface area (Å²) < 4.78 is 26.8. The molecule has 1 aliphatic rings. The van der Waals surface area contributed by atoms with Crippen LogP contribution < -0.4 is 5.32 Å². The van der Waals surface area contributed by atoms with E-state index in [0.29, 0.717) is 13.1 Å². The molecule has 0 aliphatic carbocycles. The van der Waals surface area contributed by atoms with Gasteiger partial charge < -0.3 is 15.1 Å². The Kier molecular flexibility index (Phi) is 6.98. The lowest BCUT2D eigenvalue weighted by Gasteiger charge is -2.36. The standard InChI is InChI=1S/C23H27N3O5S/c1-16-7-9-20(10-8-16)32(30,31)22(24-21(28)19-6-4-5-17(2)15-19)23(29)26-13-11-25(12-14-26)18(3)27/h4-10,15,22H,11-14H2,1-3H3,(H,24,28). The molecule has 32 heavy (non-hydrogen) atoms. The van der Waals surface area contributed by atoms with Crippen LogP contribution in [0.25, 0.3) is 0 Å². The van der Waals surface area contributed by atoms with E-state index in [4.69, 9.17) is 0 Å². The summed E-state index contributed by atoms with van der Waals surface area (Å²) >= 11 is 0. The fraction of sp³-hybridized carbons (Fsp3) is 0.348. The van der Waals surface area contributed by atoms with Gasteiger partial charge in [-0.3, -0.25) is 14.4 Å². The van der Waals surface area contributed by atoms with E-state index in [2.05, 4.69) is 5.32 Å². The van der Waals surface area contributed by atoms with Gasteiger partial charge in [-0.1, -0.05) is 35.4 Å². The highest BCUT2D eigenvalue weighted by Gasteiger charge is 2.39. The summed E-state index contributed by atoms with van der Waals surface area (Å²) in [6.07, 6.45) is 0. The largest absolute Gasteiger partial charge is 0.339 e. The highest BCUT2D eigenvalue weighted by atomic mass is 32.2. The van der Waals surface area contributed by atoms with E-state index in [-0.39, 0.29) is 29.5 Å². The predicted molar refractivity (Wildman–Crippen MR) is 120 cm³/mol. The minimum absolute atomic E-state index is 0.0478. The van der Waals surface area contributed by atoms with Crippen LogP contribution in [0.2, 0.25) is 0 Å². The maximum absolute atomic E-state index is 13.4. The predicted octanol–water partition coefficient (Wildman–Crippen LogP) is 1.52. The molecule has 0 saturated carbocycles. The highest BCUT2D eigenvalue weighted by Crippen LogP contribution is 2.19. The fourth-order valence-corrected chi connectivity index (χ4v) is 5.00. The molecule has 0 aromatic heterocycles. The van der Waals surface area contributed by atoms with E-state index in [1.807, 2.05) is 19.9 Å². The Morgan fingerprint density at radius 2 is 1.47 bits per heavy atom. The van der Waals surface area contributed by atoms with E-state index < -0.39 is 27.0 Å². The number of hydrogen-bond donors (Lipinski definition) is 1. The van der Waals surface area contributed by atoms with Gasteiger partial charge in [0.25, 0.3) is 11.8 Å². The lowest BCUT2D eigenvalue weighted by molar-refractivity contribution is -0.138. The lowest BCUT2D eigenvalue weighted by Crippen LogP contribution is -2.57. The molecule has 9 heteroatoms. The van der Waals surface area contributed by atoms with Crippen molar-refractivity contribution in [3.8, 4) is 0 Å². The van der Waals surface area contributed by atoms with Crippen molar-refractivity contribution >= 4 is 27.6 Å². The molecule has 1 N–H and O–H groups in total. The molecular weight excluding hydrogens is 430 g/mol. The van der Waals surface area contributed by atoms with Crippen molar-refractivity contribution in [2.45, 2.75) is 31.0 Å². The second kappa shape index (κ2) is 9.52. The summed E-state index contributed by atoms with van der Waals surface area (Å²) in [5, 5.41) is 0.670. The number of aryl methyl sites for hydroxylation is 2. The average molecular weight is 458 g/mol. The summed E-state index contributed by atoms with van der Waals surface area (Å²) in [7, 11) is -4.21. The molecule has 8 nitrogen and oxygen atoms in total. The Morgan fingerprint density at radius 1 is 0.875 bits per heavy atom. The molecule has 2 aromatic rings. The van der Waals surface area contributed by atoms with E-state index in [0.717, 1.165) is 11.1 Å². The van der Waals surface area contributed by atoms with E-state index >= 15 is 0 Å². The van der Waals surface area contributed by atoms with Crippen molar-refractivity contribution in [2.24, 2.45) is 0 Å². The second-order valence-electron chi connectivity index (χ2n) is 7.91. The van der Waals surface area contributed by atoms with Gasteiger partial charge in [0.15, 0.2) is 0 Å². The third-order valence-corrected chi connectivity index (χ3v) is 7.33. The maximum Gasteiger partial charge on any atom is 0.261 e. The second-order valence-corrected chi connectivity index (χ2v) is 9.95. The normalized spacial score (nSPS) is 15.2. The third-order valence-electron chi connectivity index (χ3n) is 5.46. The van der Waals surface area contributed by atoms with Crippen LogP contribution in [0.5, 0.6) is 0 Å². The molecule has 3 rings (SSSR count). The molecule has 1 fully saturated rings. The summed E-state index contributed by atoms with van der Waals surface area (Å²) in [5.41, 5.74) is 1.97. The summed E-state index contributed by atoms with van der Waals surface area (Å²) in [4.78, 5) is 40.7. The van der Waals surface area contributed by atoms with Gasteiger partial charge in [0, 0.05) is 38.7 Å². The minimum Gasteiger partial charge on any atom is -0.339 e. The Morgan fingerprint density at radius 3 is 2.03 bits per heavy atom. The van der Waals surface area contributed by atoms with Crippen molar-refractivity contribution in [2.75, 3.05) is 26.2 Å². The molecule has 3 amide bonds. The summed E-state index contributed by atoms with van der Waals surface area (Å²) in [5.74, 6) is -1.46. The molecule has 2 aromatic carbocycles. The van der Waals surface area contributed by atoms with E-state index in [1.165, 1.54) is 24.0 Å². The van der Waals surface area contributed by atoms with Crippen LogP contribution in [-0.2, 0) is 19.4 Å². The Bertz CT molecular complexity index is 1120.